The largest absolute Gasteiger partial charge is 0.311 e. The van der Waals surface area contributed by atoms with Crippen LogP contribution in [0.4, 0.5) is 11.5 Å². The number of H-pyrrole nitrogens is 1. The molecule has 6 rings (SSSR count). The van der Waals surface area contributed by atoms with E-state index in [0.717, 1.165) is 11.3 Å². The fourth-order valence-electron chi connectivity index (χ4n) is 4.63. The predicted molar refractivity (Wildman–Crippen MR) is 133 cm³/mol. The number of thioether (sulfide) groups is 1. The number of hydrogen-bond acceptors (Lipinski definition) is 7. The van der Waals surface area contributed by atoms with Crippen LogP contribution in [0.25, 0.3) is 0 Å². The van der Waals surface area contributed by atoms with Crippen molar-refractivity contribution in [2.24, 2.45) is 16.0 Å². The molecule has 1 N–H and O–H groups in total. The number of hydrazone groups is 1. The summed E-state index contributed by atoms with van der Waals surface area (Å²) in [5.74, 6) is 0.213. The highest BCUT2D eigenvalue weighted by Crippen LogP contribution is 2.47. The molecule has 8 nitrogen and oxygen atoms in total. The summed E-state index contributed by atoms with van der Waals surface area (Å²) in [6, 6.07) is 18.7. The number of carbonyl (C=O) groups excluding carboxylic acids is 1. The molecule has 3 aliphatic rings. The molecule has 0 bridgehead atoms. The molecule has 4 heterocycles. The van der Waals surface area contributed by atoms with Crippen LogP contribution in [0.5, 0.6) is 0 Å². The molecule has 168 valence electrons. The number of carbonyl (C=O) groups is 1. The molecule has 0 aliphatic carbocycles. The third-order valence-corrected chi connectivity index (χ3v) is 6.96. The van der Waals surface area contributed by atoms with Gasteiger partial charge < -0.3 is 9.88 Å². The van der Waals surface area contributed by atoms with Crippen molar-refractivity contribution >= 4 is 40.1 Å². The highest BCUT2D eigenvalue weighted by Gasteiger charge is 2.47. The lowest BCUT2D eigenvalue weighted by Crippen LogP contribution is -2.41. The Morgan fingerprint density at radius 3 is 2.41 bits per heavy atom. The predicted octanol–water partition coefficient (Wildman–Crippen LogP) is 4.10. The van der Waals surface area contributed by atoms with Crippen LogP contribution in [-0.4, -0.2) is 31.7 Å². The molecular formula is C25H20N6O2S. The highest BCUT2D eigenvalue weighted by atomic mass is 32.2. The van der Waals surface area contributed by atoms with E-state index in [9.17, 15) is 9.59 Å². The van der Waals surface area contributed by atoms with E-state index in [4.69, 9.17) is 4.99 Å². The summed E-state index contributed by atoms with van der Waals surface area (Å²) in [6.07, 6.45) is 0. The zero-order valence-electron chi connectivity index (χ0n) is 18.5. The second-order valence-corrected chi connectivity index (χ2v) is 9.12. The number of nitrogens with zero attached hydrogens (tertiary/aromatic N) is 5. The number of aromatic nitrogens is 2. The number of benzene rings is 2. The zero-order valence-corrected chi connectivity index (χ0v) is 19.3. The van der Waals surface area contributed by atoms with E-state index in [1.54, 1.807) is 6.92 Å². The molecule has 0 fully saturated rings. The minimum Gasteiger partial charge on any atom is -0.311 e. The summed E-state index contributed by atoms with van der Waals surface area (Å²) in [7, 11) is 0. The number of rotatable bonds is 3. The number of amides is 1. The number of para-hydroxylation sites is 1. The molecule has 2 aromatic carbocycles. The van der Waals surface area contributed by atoms with Gasteiger partial charge >= 0.3 is 0 Å². The van der Waals surface area contributed by atoms with Crippen LogP contribution in [0.3, 0.4) is 0 Å². The van der Waals surface area contributed by atoms with Crippen LogP contribution in [0.1, 0.15) is 29.9 Å². The van der Waals surface area contributed by atoms with Gasteiger partial charge in [0.15, 0.2) is 11.0 Å². The Labute approximate surface area is 199 Å². The zero-order chi connectivity index (χ0) is 23.4. The van der Waals surface area contributed by atoms with Crippen molar-refractivity contribution in [3.05, 3.63) is 99.1 Å². The molecule has 34 heavy (non-hydrogen) atoms. The van der Waals surface area contributed by atoms with Crippen LogP contribution in [0, 0.1) is 12.8 Å². The van der Waals surface area contributed by atoms with Gasteiger partial charge in [-0.05, 0) is 37.0 Å². The van der Waals surface area contributed by atoms with Crippen LogP contribution >= 0.6 is 11.8 Å². The van der Waals surface area contributed by atoms with Crippen LogP contribution in [0.2, 0.25) is 0 Å². The molecule has 0 saturated carbocycles. The van der Waals surface area contributed by atoms with Gasteiger partial charge in [0, 0.05) is 5.70 Å². The van der Waals surface area contributed by atoms with E-state index in [1.807, 2.05) is 77.9 Å². The number of aromatic amines is 1. The summed E-state index contributed by atoms with van der Waals surface area (Å²) in [6.45, 7) is 3.60. The van der Waals surface area contributed by atoms with Gasteiger partial charge in [-0.3, -0.25) is 9.59 Å². The van der Waals surface area contributed by atoms with E-state index in [-0.39, 0.29) is 11.5 Å². The second kappa shape index (κ2) is 7.81. The fraction of sp³-hybridized carbons (Fsp3) is 0.160. The molecule has 2 atom stereocenters. The number of anilines is 1. The van der Waals surface area contributed by atoms with Gasteiger partial charge in [0.1, 0.15) is 11.7 Å². The first-order chi connectivity index (χ1) is 16.5. The van der Waals surface area contributed by atoms with Gasteiger partial charge in [-0.1, -0.05) is 60.3 Å². The minimum absolute atomic E-state index is 0.134. The van der Waals surface area contributed by atoms with Crippen molar-refractivity contribution < 1.29 is 4.79 Å². The molecule has 2 unspecified atom stereocenters. The monoisotopic (exact) mass is 468 g/mol. The molecule has 3 aliphatic heterocycles. The average Bonchev–Trinajstić information content (AvgIpc) is 3.38. The summed E-state index contributed by atoms with van der Waals surface area (Å²) in [5.41, 5.74) is 3.32. The fourth-order valence-corrected chi connectivity index (χ4v) is 5.57. The maximum atomic E-state index is 13.6. The van der Waals surface area contributed by atoms with Crippen molar-refractivity contribution in [1.82, 2.24) is 14.9 Å². The van der Waals surface area contributed by atoms with Gasteiger partial charge in [-0.2, -0.15) is 10.1 Å². The average molecular weight is 469 g/mol. The molecule has 0 spiro atoms. The Hall–Kier alpha value is -3.98. The van der Waals surface area contributed by atoms with Crippen LogP contribution in [0.15, 0.2) is 86.7 Å². The molecule has 0 saturated heterocycles. The van der Waals surface area contributed by atoms with Crippen molar-refractivity contribution in [3.63, 3.8) is 0 Å². The van der Waals surface area contributed by atoms with Gasteiger partial charge in [-0.25, -0.2) is 9.98 Å². The van der Waals surface area contributed by atoms with E-state index in [0.29, 0.717) is 33.8 Å². The maximum absolute atomic E-state index is 13.6. The van der Waals surface area contributed by atoms with Crippen LogP contribution in [-0.2, 0) is 4.79 Å². The summed E-state index contributed by atoms with van der Waals surface area (Å²) in [4.78, 5) is 40.8. The minimum atomic E-state index is -0.578. The number of fused-ring (bicyclic) bond motifs is 2. The normalized spacial score (nSPS) is 21.1. The van der Waals surface area contributed by atoms with E-state index >= 15 is 0 Å². The van der Waals surface area contributed by atoms with Crippen molar-refractivity contribution in [2.45, 2.75) is 19.9 Å². The number of nitrogens with one attached hydrogen (secondary N) is 1. The molecule has 3 aromatic rings. The highest BCUT2D eigenvalue weighted by molar-refractivity contribution is 8.16. The lowest BCUT2D eigenvalue weighted by molar-refractivity contribution is -0.119. The van der Waals surface area contributed by atoms with Gasteiger partial charge in [0.25, 0.3) is 11.5 Å². The SMILES string of the molecule is CC1=NN(c2ccccc2)C(=O)C1C1=CSC2=Nc3nc(C)[nH]c(=O)c3C(c3ccccc3)N12. The third kappa shape index (κ3) is 3.12. The Bertz CT molecular complexity index is 1460. The molecule has 1 aromatic heterocycles. The van der Waals surface area contributed by atoms with Gasteiger partial charge in [0.2, 0.25) is 0 Å². The van der Waals surface area contributed by atoms with Crippen molar-refractivity contribution in [1.29, 1.82) is 0 Å². The maximum Gasteiger partial charge on any atom is 0.262 e. The number of aryl methyl sites for hydroxylation is 1. The lowest BCUT2D eigenvalue weighted by Gasteiger charge is -2.36. The van der Waals surface area contributed by atoms with Gasteiger partial charge in [0.05, 0.1) is 23.0 Å². The number of aliphatic imine (C=N–C) groups is 1. The Morgan fingerprint density at radius 2 is 1.68 bits per heavy atom. The third-order valence-electron chi connectivity index (χ3n) is 6.10. The molecule has 1 amide bonds. The van der Waals surface area contributed by atoms with Gasteiger partial charge in [-0.15, -0.1) is 0 Å². The lowest BCUT2D eigenvalue weighted by atomic mass is 9.93. The first-order valence-electron chi connectivity index (χ1n) is 10.9. The topological polar surface area (TPSA) is 94.0 Å². The second-order valence-electron chi connectivity index (χ2n) is 8.29. The smallest absolute Gasteiger partial charge is 0.262 e. The number of amidine groups is 1. The standard InChI is InChI=1S/C25H20N6O2S/c1-14-19(24(33)31(29-14)17-11-7-4-8-12-17)18-13-34-25-28-22-20(23(32)27-15(2)26-22)21(30(18)25)16-9-5-3-6-10-16/h3-13,19,21H,1-2H3,(H,26,27,32). The summed E-state index contributed by atoms with van der Waals surface area (Å²) in [5, 5.41) is 8.66. The first kappa shape index (κ1) is 20.6. The van der Waals surface area contributed by atoms with Crippen LogP contribution < -0.4 is 10.6 Å². The molecule has 9 heteroatoms. The van der Waals surface area contributed by atoms with Crippen molar-refractivity contribution in [3.8, 4) is 0 Å². The Kier molecular flexibility index (Phi) is 4.73. The Morgan fingerprint density at radius 1 is 0.971 bits per heavy atom. The Balaban J connectivity index is 1.47. The summed E-state index contributed by atoms with van der Waals surface area (Å²) >= 11 is 1.43. The van der Waals surface area contributed by atoms with Crippen molar-refractivity contribution in [2.75, 3.05) is 5.01 Å². The van der Waals surface area contributed by atoms with E-state index < -0.39 is 12.0 Å². The summed E-state index contributed by atoms with van der Waals surface area (Å²) < 4.78 is 0. The quantitative estimate of drug-likeness (QED) is 0.625. The van der Waals surface area contributed by atoms with E-state index in [2.05, 4.69) is 15.1 Å². The number of hydrogen-bond donors (Lipinski definition) is 1. The first-order valence-corrected chi connectivity index (χ1v) is 11.8. The molecular weight excluding hydrogens is 448 g/mol. The molecule has 0 radical (unpaired) electrons. The van der Waals surface area contributed by atoms with E-state index in [1.165, 1.54) is 16.8 Å².